The number of halogens is 1. The van der Waals surface area contributed by atoms with Gasteiger partial charge in [-0.15, -0.1) is 0 Å². The molecule has 0 atom stereocenters. The number of rotatable bonds is 5. The number of ether oxygens (including phenoxy) is 3. The molecule has 3 heterocycles. The summed E-state index contributed by atoms with van der Waals surface area (Å²) in [6, 6.07) is 22.5. The third-order valence-electron chi connectivity index (χ3n) is 7.43. The topological polar surface area (TPSA) is 73.2 Å². The summed E-state index contributed by atoms with van der Waals surface area (Å²) in [5.74, 6) is 1.80. The predicted molar refractivity (Wildman–Crippen MR) is 152 cm³/mol. The van der Waals surface area contributed by atoms with Gasteiger partial charge in [0.25, 0.3) is 11.8 Å². The molecule has 8 nitrogen and oxygen atoms in total. The number of piperazine rings is 1. The minimum absolute atomic E-state index is 0.0757. The van der Waals surface area contributed by atoms with Gasteiger partial charge in [-0.05, 0) is 73.2 Å². The lowest BCUT2D eigenvalue weighted by Crippen LogP contribution is -2.50. The van der Waals surface area contributed by atoms with Crippen molar-refractivity contribution in [3.63, 3.8) is 0 Å². The highest BCUT2D eigenvalue weighted by Gasteiger charge is 2.29. The van der Waals surface area contributed by atoms with Crippen LogP contribution in [0.3, 0.4) is 0 Å². The van der Waals surface area contributed by atoms with Gasteiger partial charge < -0.3 is 28.6 Å². The normalized spacial score (nSPS) is 14.4. The third-order valence-corrected chi connectivity index (χ3v) is 7.75. The van der Waals surface area contributed by atoms with Crippen LogP contribution in [0.15, 0.2) is 72.8 Å². The summed E-state index contributed by atoms with van der Waals surface area (Å²) >= 11 is 6.61. The maximum Gasteiger partial charge on any atom is 0.255 e. The minimum atomic E-state index is -0.0896. The Hall–Kier alpha value is -4.43. The van der Waals surface area contributed by atoms with Crippen molar-refractivity contribution in [1.82, 2.24) is 14.4 Å². The summed E-state index contributed by atoms with van der Waals surface area (Å²) in [4.78, 5) is 30.6. The molecular formula is C31H28ClN3O5. The Balaban J connectivity index is 1.25. The first-order chi connectivity index (χ1) is 19.4. The van der Waals surface area contributed by atoms with Crippen molar-refractivity contribution < 1.29 is 23.8 Å². The van der Waals surface area contributed by atoms with E-state index in [1.807, 2.05) is 66.1 Å². The van der Waals surface area contributed by atoms with Gasteiger partial charge in [-0.3, -0.25) is 9.59 Å². The molecule has 0 bridgehead atoms. The Morgan fingerprint density at radius 2 is 1.50 bits per heavy atom. The molecule has 2 aliphatic heterocycles. The summed E-state index contributed by atoms with van der Waals surface area (Å²) in [6.45, 7) is 3.84. The highest BCUT2D eigenvalue weighted by atomic mass is 35.5. The first kappa shape index (κ1) is 25.8. The molecule has 0 unspecified atom stereocenters. The fourth-order valence-electron chi connectivity index (χ4n) is 5.24. The van der Waals surface area contributed by atoms with Gasteiger partial charge in [-0.2, -0.15) is 0 Å². The number of benzene rings is 3. The van der Waals surface area contributed by atoms with Crippen molar-refractivity contribution in [2.24, 2.45) is 0 Å². The quantitative estimate of drug-likeness (QED) is 0.327. The number of para-hydroxylation sites is 1. The smallest absolute Gasteiger partial charge is 0.255 e. The van der Waals surface area contributed by atoms with Gasteiger partial charge in [0, 0.05) is 37.4 Å². The Bertz CT molecular complexity index is 1590. The molecule has 6 rings (SSSR count). The number of aromatic nitrogens is 1. The van der Waals surface area contributed by atoms with Gasteiger partial charge >= 0.3 is 0 Å². The van der Waals surface area contributed by atoms with E-state index in [1.165, 1.54) is 0 Å². The number of fused-ring (bicyclic) bond motifs is 1. The third kappa shape index (κ3) is 4.64. The second-order valence-electron chi connectivity index (χ2n) is 9.70. The molecule has 0 aliphatic carbocycles. The van der Waals surface area contributed by atoms with Crippen LogP contribution in [0.4, 0.5) is 0 Å². The second kappa shape index (κ2) is 10.6. The molecule has 4 aromatic rings. The molecule has 0 saturated carbocycles. The van der Waals surface area contributed by atoms with Gasteiger partial charge in [-0.1, -0.05) is 23.7 Å². The van der Waals surface area contributed by atoms with E-state index >= 15 is 0 Å². The molecule has 9 heteroatoms. The van der Waals surface area contributed by atoms with E-state index in [-0.39, 0.29) is 18.6 Å². The van der Waals surface area contributed by atoms with E-state index in [9.17, 15) is 9.59 Å². The minimum Gasteiger partial charge on any atom is -0.497 e. The van der Waals surface area contributed by atoms with E-state index in [0.717, 1.165) is 28.4 Å². The summed E-state index contributed by atoms with van der Waals surface area (Å²) < 4.78 is 18.1. The van der Waals surface area contributed by atoms with E-state index in [2.05, 4.69) is 0 Å². The van der Waals surface area contributed by atoms with Crippen LogP contribution in [0, 0.1) is 6.92 Å². The first-order valence-electron chi connectivity index (χ1n) is 13.0. The molecular weight excluding hydrogens is 530 g/mol. The number of amides is 2. The highest BCUT2D eigenvalue weighted by Crippen LogP contribution is 2.35. The average molecular weight is 558 g/mol. The zero-order valence-corrected chi connectivity index (χ0v) is 23.0. The summed E-state index contributed by atoms with van der Waals surface area (Å²) in [5.41, 5.74) is 4.52. The van der Waals surface area contributed by atoms with Crippen molar-refractivity contribution in [2.75, 3.05) is 40.1 Å². The number of hydrogen-bond donors (Lipinski definition) is 0. The molecule has 0 radical (unpaired) electrons. The molecule has 2 amide bonds. The Morgan fingerprint density at radius 3 is 2.20 bits per heavy atom. The zero-order valence-electron chi connectivity index (χ0n) is 22.2. The largest absolute Gasteiger partial charge is 0.497 e. The average Bonchev–Trinajstić information content (AvgIpc) is 3.60. The molecule has 0 spiro atoms. The van der Waals surface area contributed by atoms with Crippen LogP contribution in [0.25, 0.3) is 16.9 Å². The zero-order chi connectivity index (χ0) is 27.8. The summed E-state index contributed by atoms with van der Waals surface area (Å²) in [5, 5.41) is 0.589. The monoisotopic (exact) mass is 557 g/mol. The molecule has 1 saturated heterocycles. The number of carbonyl (C=O) groups excluding carboxylic acids is 2. The maximum absolute atomic E-state index is 13.8. The summed E-state index contributed by atoms with van der Waals surface area (Å²) in [6.07, 6.45) is 0. The number of nitrogens with zero attached hydrogens (tertiary/aromatic N) is 3. The molecule has 1 aromatic heterocycles. The first-order valence-corrected chi connectivity index (χ1v) is 13.4. The fourth-order valence-corrected chi connectivity index (χ4v) is 5.46. The lowest BCUT2D eigenvalue weighted by Gasteiger charge is -2.35. The Labute approximate surface area is 237 Å². The molecule has 40 heavy (non-hydrogen) atoms. The van der Waals surface area contributed by atoms with Gasteiger partial charge in [0.2, 0.25) is 6.79 Å². The van der Waals surface area contributed by atoms with Crippen LogP contribution in [0.2, 0.25) is 5.02 Å². The molecule has 204 valence electrons. The second-order valence-corrected chi connectivity index (χ2v) is 10.1. The van der Waals surface area contributed by atoms with E-state index < -0.39 is 0 Å². The molecule has 2 aliphatic rings. The van der Waals surface area contributed by atoms with Crippen LogP contribution >= 0.6 is 11.6 Å². The predicted octanol–water partition coefficient (Wildman–Crippen LogP) is 5.44. The van der Waals surface area contributed by atoms with Crippen LogP contribution in [-0.4, -0.2) is 66.3 Å². The highest BCUT2D eigenvalue weighted by molar-refractivity contribution is 6.32. The fraction of sp³-hybridized carbons (Fsp3) is 0.226. The van der Waals surface area contributed by atoms with Gasteiger partial charge in [0.05, 0.1) is 29.1 Å². The van der Waals surface area contributed by atoms with Crippen LogP contribution in [0.1, 0.15) is 26.4 Å². The van der Waals surface area contributed by atoms with Gasteiger partial charge in [-0.25, -0.2) is 0 Å². The van der Waals surface area contributed by atoms with Crippen molar-refractivity contribution in [1.29, 1.82) is 0 Å². The number of methoxy groups -OCH3 is 1. The number of hydrogen-bond acceptors (Lipinski definition) is 5. The van der Waals surface area contributed by atoms with Crippen molar-refractivity contribution >= 4 is 23.4 Å². The maximum atomic E-state index is 13.8. The van der Waals surface area contributed by atoms with Crippen LogP contribution < -0.4 is 14.2 Å². The molecule has 1 fully saturated rings. The van der Waals surface area contributed by atoms with Crippen molar-refractivity contribution in [2.45, 2.75) is 6.92 Å². The van der Waals surface area contributed by atoms with Crippen molar-refractivity contribution in [3.8, 4) is 34.2 Å². The molecule has 0 N–H and O–H groups in total. The van der Waals surface area contributed by atoms with Gasteiger partial charge in [0.15, 0.2) is 11.5 Å². The summed E-state index contributed by atoms with van der Waals surface area (Å²) in [7, 11) is 1.63. The van der Waals surface area contributed by atoms with Crippen LogP contribution in [-0.2, 0) is 0 Å². The number of carbonyl (C=O) groups is 2. The van der Waals surface area contributed by atoms with Gasteiger partial charge in [0.1, 0.15) is 5.75 Å². The standard InChI is InChI=1S/C31H28ClN3O5/c1-20-24(18-27(21-7-10-23(38-2)11-8-21)35(20)26-6-4-3-5-25(26)32)31(37)34-15-13-33(14-16-34)30(36)22-9-12-28-29(17-22)40-19-39-28/h3-12,17-18H,13-16,19H2,1-2H3. The Morgan fingerprint density at radius 1 is 0.825 bits per heavy atom. The molecule has 3 aromatic carbocycles. The van der Waals surface area contributed by atoms with Crippen molar-refractivity contribution in [3.05, 3.63) is 94.6 Å². The van der Waals surface area contributed by atoms with E-state index in [4.69, 9.17) is 25.8 Å². The Kier molecular flexibility index (Phi) is 6.86. The lowest BCUT2D eigenvalue weighted by atomic mass is 10.1. The van der Waals surface area contributed by atoms with Crippen LogP contribution in [0.5, 0.6) is 17.2 Å². The van der Waals surface area contributed by atoms with E-state index in [1.54, 1.807) is 35.1 Å². The van der Waals surface area contributed by atoms with E-state index in [0.29, 0.717) is 53.8 Å². The SMILES string of the molecule is COc1ccc(-c2cc(C(=O)N3CCN(C(=O)c4ccc5c(c4)OCO5)CC3)c(C)n2-c2ccccc2Cl)cc1. The lowest BCUT2D eigenvalue weighted by molar-refractivity contribution is 0.0535.